The smallest absolute Gasteiger partial charge is 0.249 e. The van der Waals surface area contributed by atoms with E-state index in [4.69, 9.17) is 5.73 Å². The number of piperidine rings is 1. The second-order valence-corrected chi connectivity index (χ2v) is 7.42. The molecule has 0 aliphatic carbocycles. The van der Waals surface area contributed by atoms with E-state index in [1.165, 1.54) is 11.3 Å². The van der Waals surface area contributed by atoms with Gasteiger partial charge in [-0.15, -0.1) is 23.1 Å². The molecule has 0 saturated carbocycles. The fraction of sp³-hybridized carbons (Fsp3) is 0.615. The van der Waals surface area contributed by atoms with Gasteiger partial charge in [0.15, 0.2) is 5.13 Å². The van der Waals surface area contributed by atoms with Crippen LogP contribution in [0.15, 0.2) is 11.6 Å². The van der Waals surface area contributed by atoms with Gasteiger partial charge in [-0.2, -0.15) is 0 Å². The Kier molecular flexibility index (Phi) is 4.46. The first-order valence-corrected chi connectivity index (χ1v) is 8.99. The molecule has 2 saturated heterocycles. The molecule has 0 spiro atoms. The molecule has 0 aromatic carbocycles. The molecule has 8 heteroatoms. The van der Waals surface area contributed by atoms with Crippen LogP contribution in [0.1, 0.15) is 25.7 Å². The zero-order chi connectivity index (χ0) is 14.8. The molecule has 1 aromatic rings. The third kappa shape index (κ3) is 3.07. The minimum absolute atomic E-state index is 0.0758. The summed E-state index contributed by atoms with van der Waals surface area (Å²) in [6.07, 6.45) is 4.90. The van der Waals surface area contributed by atoms with Crippen LogP contribution >= 0.6 is 23.1 Å². The van der Waals surface area contributed by atoms with Gasteiger partial charge >= 0.3 is 0 Å². The molecule has 2 aliphatic heterocycles. The van der Waals surface area contributed by atoms with Crippen molar-refractivity contribution in [3.63, 3.8) is 0 Å². The summed E-state index contributed by atoms with van der Waals surface area (Å²) < 4.78 is 0. The van der Waals surface area contributed by atoms with Gasteiger partial charge in [-0.3, -0.25) is 9.59 Å². The average molecular weight is 326 g/mol. The number of nitrogens with one attached hydrogen (secondary N) is 1. The number of hydrogen-bond donors (Lipinski definition) is 2. The van der Waals surface area contributed by atoms with E-state index in [2.05, 4.69) is 10.3 Å². The van der Waals surface area contributed by atoms with Crippen molar-refractivity contribution in [2.75, 3.05) is 11.1 Å². The number of nitrogens with zero attached hydrogens (tertiary/aromatic N) is 2. The molecule has 3 N–H and O–H groups in total. The summed E-state index contributed by atoms with van der Waals surface area (Å²) in [5.74, 6) is 0.621. The maximum Gasteiger partial charge on any atom is 0.249 e. The lowest BCUT2D eigenvalue weighted by Crippen LogP contribution is -2.56. The van der Waals surface area contributed by atoms with E-state index in [0.29, 0.717) is 18.0 Å². The van der Waals surface area contributed by atoms with Crippen LogP contribution in [-0.2, 0) is 9.59 Å². The van der Waals surface area contributed by atoms with E-state index in [9.17, 15) is 9.59 Å². The van der Waals surface area contributed by atoms with E-state index in [0.717, 1.165) is 18.6 Å². The number of thiazole rings is 1. The summed E-state index contributed by atoms with van der Waals surface area (Å²) >= 11 is 3.11. The van der Waals surface area contributed by atoms with Crippen LogP contribution in [0.3, 0.4) is 0 Å². The van der Waals surface area contributed by atoms with Gasteiger partial charge in [0.05, 0.1) is 11.4 Å². The normalized spacial score (nSPS) is 29.7. The van der Waals surface area contributed by atoms with Crippen molar-refractivity contribution in [3.05, 3.63) is 11.6 Å². The van der Waals surface area contributed by atoms with E-state index in [1.807, 2.05) is 5.38 Å². The van der Waals surface area contributed by atoms with Crippen molar-refractivity contribution < 1.29 is 9.59 Å². The van der Waals surface area contributed by atoms with Gasteiger partial charge in [-0.25, -0.2) is 4.98 Å². The maximum absolute atomic E-state index is 12.5. The molecule has 2 fully saturated rings. The number of aromatic nitrogens is 1. The quantitative estimate of drug-likeness (QED) is 0.854. The zero-order valence-corrected chi connectivity index (χ0v) is 13.2. The highest BCUT2D eigenvalue weighted by Crippen LogP contribution is 2.34. The van der Waals surface area contributed by atoms with Gasteiger partial charge in [0, 0.05) is 11.6 Å². The van der Waals surface area contributed by atoms with E-state index in [-0.39, 0.29) is 17.2 Å². The van der Waals surface area contributed by atoms with Crippen molar-refractivity contribution in [2.45, 2.75) is 43.1 Å². The van der Waals surface area contributed by atoms with E-state index < -0.39 is 12.1 Å². The minimum Gasteiger partial charge on any atom is -0.320 e. The third-order valence-corrected chi connectivity index (χ3v) is 5.86. The molecule has 3 rings (SSSR count). The van der Waals surface area contributed by atoms with Crippen LogP contribution in [0, 0.1) is 0 Å². The SMILES string of the molecule is NC1CCSC2CCCC(C(=O)Nc3nccs3)N2C1=O. The van der Waals surface area contributed by atoms with Crippen LogP contribution in [-0.4, -0.2) is 44.9 Å². The molecule has 3 heterocycles. The lowest BCUT2D eigenvalue weighted by molar-refractivity contribution is -0.142. The van der Waals surface area contributed by atoms with Gasteiger partial charge in [-0.05, 0) is 31.4 Å². The predicted molar refractivity (Wildman–Crippen MR) is 84.1 cm³/mol. The second-order valence-electron chi connectivity index (χ2n) is 5.24. The molecular formula is C13H18N4O2S2. The summed E-state index contributed by atoms with van der Waals surface area (Å²) in [4.78, 5) is 30.8. The summed E-state index contributed by atoms with van der Waals surface area (Å²) in [5, 5.41) is 5.26. The Bertz CT molecular complexity index is 522. The lowest BCUT2D eigenvalue weighted by atomic mass is 9.99. The van der Waals surface area contributed by atoms with Gasteiger partial charge < -0.3 is 16.0 Å². The Labute approximate surface area is 131 Å². The Balaban J connectivity index is 1.79. The molecule has 0 bridgehead atoms. The summed E-state index contributed by atoms with van der Waals surface area (Å²) in [6, 6.07) is -0.924. The lowest BCUT2D eigenvalue weighted by Gasteiger charge is -2.40. The summed E-state index contributed by atoms with van der Waals surface area (Å²) in [7, 11) is 0. The number of carbonyl (C=O) groups is 2. The van der Waals surface area contributed by atoms with Crippen LogP contribution in [0.25, 0.3) is 0 Å². The Hall–Kier alpha value is -1.12. The standard InChI is InChI=1S/C13H18N4O2S2/c14-8-4-6-20-10-3-1-2-9(17(10)12(8)19)11(18)16-13-15-5-7-21-13/h5,7-10H,1-4,6,14H2,(H,15,16,18). The first-order valence-electron chi connectivity index (χ1n) is 7.06. The zero-order valence-electron chi connectivity index (χ0n) is 11.5. The highest BCUT2D eigenvalue weighted by atomic mass is 32.2. The van der Waals surface area contributed by atoms with E-state index in [1.54, 1.807) is 22.9 Å². The summed E-state index contributed by atoms with van der Waals surface area (Å²) in [5.41, 5.74) is 5.94. The molecule has 6 nitrogen and oxygen atoms in total. The van der Waals surface area contributed by atoms with Crippen molar-refractivity contribution in [3.8, 4) is 0 Å². The monoisotopic (exact) mass is 326 g/mol. The molecular weight excluding hydrogens is 308 g/mol. The number of carbonyl (C=O) groups excluding carboxylic acids is 2. The maximum atomic E-state index is 12.5. The molecule has 2 aliphatic rings. The van der Waals surface area contributed by atoms with Crippen molar-refractivity contribution in [1.29, 1.82) is 0 Å². The number of anilines is 1. The van der Waals surface area contributed by atoms with Gasteiger partial charge in [-0.1, -0.05) is 0 Å². The third-order valence-electron chi connectivity index (χ3n) is 3.85. The van der Waals surface area contributed by atoms with Crippen LogP contribution in [0.4, 0.5) is 5.13 Å². The molecule has 1 aromatic heterocycles. The number of thioether (sulfide) groups is 1. The summed E-state index contributed by atoms with van der Waals surface area (Å²) in [6.45, 7) is 0. The highest BCUT2D eigenvalue weighted by molar-refractivity contribution is 7.99. The largest absolute Gasteiger partial charge is 0.320 e. The van der Waals surface area contributed by atoms with Gasteiger partial charge in [0.2, 0.25) is 11.8 Å². The van der Waals surface area contributed by atoms with Crippen molar-refractivity contribution in [2.24, 2.45) is 5.73 Å². The van der Waals surface area contributed by atoms with Crippen molar-refractivity contribution >= 4 is 40.0 Å². The number of fused-ring (bicyclic) bond motifs is 1. The Morgan fingerprint density at radius 3 is 3.05 bits per heavy atom. The van der Waals surface area contributed by atoms with Crippen LogP contribution in [0.2, 0.25) is 0 Å². The number of amides is 2. The molecule has 3 unspecified atom stereocenters. The van der Waals surface area contributed by atoms with Crippen molar-refractivity contribution in [1.82, 2.24) is 9.88 Å². The molecule has 21 heavy (non-hydrogen) atoms. The van der Waals surface area contributed by atoms with E-state index >= 15 is 0 Å². The minimum atomic E-state index is -0.490. The van der Waals surface area contributed by atoms with Gasteiger partial charge in [0.25, 0.3) is 0 Å². The fourth-order valence-corrected chi connectivity index (χ4v) is 4.74. The molecule has 114 valence electrons. The Morgan fingerprint density at radius 1 is 1.43 bits per heavy atom. The first-order chi connectivity index (χ1) is 10.2. The topological polar surface area (TPSA) is 88.3 Å². The predicted octanol–water partition coefficient (Wildman–Crippen LogP) is 1.25. The molecule has 0 radical (unpaired) electrons. The number of rotatable bonds is 2. The first kappa shape index (κ1) is 14.8. The highest BCUT2D eigenvalue weighted by Gasteiger charge is 2.41. The molecule has 3 atom stereocenters. The number of nitrogens with two attached hydrogens (primary N) is 1. The van der Waals surface area contributed by atoms with Crippen LogP contribution < -0.4 is 11.1 Å². The molecule has 2 amide bonds. The van der Waals surface area contributed by atoms with Gasteiger partial charge in [0.1, 0.15) is 6.04 Å². The average Bonchev–Trinajstić information content (AvgIpc) is 2.94. The Morgan fingerprint density at radius 2 is 2.29 bits per heavy atom. The van der Waals surface area contributed by atoms with Crippen LogP contribution in [0.5, 0.6) is 0 Å². The number of hydrogen-bond acceptors (Lipinski definition) is 6. The fourth-order valence-electron chi connectivity index (χ4n) is 2.80. The second kappa shape index (κ2) is 6.33.